The second-order valence-electron chi connectivity index (χ2n) is 4.72. The Balaban J connectivity index is 2.22. The zero-order valence-electron chi connectivity index (χ0n) is 12.2. The molecule has 9 heteroatoms. The zero-order valence-corrected chi connectivity index (χ0v) is 13.1. The van der Waals surface area contributed by atoms with Gasteiger partial charge in [0.15, 0.2) is 0 Å². The summed E-state index contributed by atoms with van der Waals surface area (Å²) >= 11 is 0. The van der Waals surface area contributed by atoms with E-state index in [1.165, 1.54) is 0 Å². The van der Waals surface area contributed by atoms with Crippen LogP contribution in [0.15, 0.2) is 6.20 Å². The Labute approximate surface area is 123 Å². The van der Waals surface area contributed by atoms with E-state index in [2.05, 4.69) is 10.3 Å². The third-order valence-electron chi connectivity index (χ3n) is 3.22. The number of carbonyl (C=O) groups is 1. The number of rotatable bonds is 7. The molecule has 0 saturated heterocycles. The predicted molar refractivity (Wildman–Crippen MR) is 78.6 cm³/mol. The van der Waals surface area contributed by atoms with Crippen LogP contribution in [0, 0.1) is 0 Å². The number of aromatic nitrogens is 2. The van der Waals surface area contributed by atoms with Crippen LogP contribution in [0.5, 0.6) is 0 Å². The van der Waals surface area contributed by atoms with Gasteiger partial charge in [0, 0.05) is 18.8 Å². The second kappa shape index (κ2) is 6.60. The summed E-state index contributed by atoms with van der Waals surface area (Å²) in [7, 11) is -3.15. The van der Waals surface area contributed by atoms with Gasteiger partial charge in [-0.25, -0.2) is 4.98 Å². The Morgan fingerprint density at radius 1 is 1.52 bits per heavy atom. The molecule has 1 atom stereocenters. The zero-order chi connectivity index (χ0) is 15.5. The minimum atomic E-state index is -3.15. The van der Waals surface area contributed by atoms with Crippen LogP contribution in [-0.2, 0) is 13.6 Å². The molecular weight excluding hydrogens is 295 g/mol. The summed E-state index contributed by atoms with van der Waals surface area (Å²) in [6.07, 6.45) is 2.57. The Hall–Kier alpha value is -1.37. The maximum atomic E-state index is 12.6. The maximum absolute atomic E-state index is 12.6. The standard InChI is InChI=1S/C12H21N4O4P/c1-3-19-21(18,20-4-2)8-9-5-6-14-12-15-10(11(13)17)7-16(9)12/h7,9H,3-6,8H2,1-2H3,(H2,13,17)(H,14,15)/t9-/m1/s1. The highest BCUT2D eigenvalue weighted by Gasteiger charge is 2.32. The highest BCUT2D eigenvalue weighted by atomic mass is 31.2. The van der Waals surface area contributed by atoms with E-state index in [4.69, 9.17) is 14.8 Å². The van der Waals surface area contributed by atoms with Gasteiger partial charge in [-0.3, -0.25) is 9.36 Å². The first-order chi connectivity index (χ1) is 9.99. The molecule has 1 aromatic heterocycles. The van der Waals surface area contributed by atoms with E-state index in [1.807, 2.05) is 0 Å². The molecular formula is C12H21N4O4P. The molecule has 0 unspecified atom stereocenters. The number of imidazole rings is 1. The van der Waals surface area contributed by atoms with Gasteiger partial charge in [0.25, 0.3) is 5.91 Å². The highest BCUT2D eigenvalue weighted by Crippen LogP contribution is 2.51. The van der Waals surface area contributed by atoms with Crippen LogP contribution in [0.4, 0.5) is 5.95 Å². The van der Waals surface area contributed by atoms with Gasteiger partial charge in [-0.05, 0) is 20.3 Å². The van der Waals surface area contributed by atoms with Crippen LogP contribution in [0.1, 0.15) is 36.8 Å². The Kier molecular flexibility index (Phi) is 5.03. The van der Waals surface area contributed by atoms with Crippen molar-refractivity contribution < 1.29 is 18.4 Å². The molecule has 0 saturated carbocycles. The van der Waals surface area contributed by atoms with Crippen molar-refractivity contribution in [2.75, 3.05) is 31.2 Å². The number of primary amides is 1. The van der Waals surface area contributed by atoms with Gasteiger partial charge in [0.2, 0.25) is 5.95 Å². The summed E-state index contributed by atoms with van der Waals surface area (Å²) in [4.78, 5) is 15.4. The molecule has 1 aliphatic rings. The van der Waals surface area contributed by atoms with Crippen molar-refractivity contribution >= 4 is 19.5 Å². The molecule has 2 rings (SSSR count). The molecule has 0 fully saturated rings. The van der Waals surface area contributed by atoms with Gasteiger partial charge in [0.1, 0.15) is 5.69 Å². The molecule has 3 N–H and O–H groups in total. The molecule has 118 valence electrons. The van der Waals surface area contributed by atoms with Crippen LogP contribution >= 0.6 is 7.60 Å². The van der Waals surface area contributed by atoms with E-state index < -0.39 is 13.5 Å². The summed E-state index contributed by atoms with van der Waals surface area (Å²) < 4.78 is 25.1. The number of amides is 1. The van der Waals surface area contributed by atoms with E-state index in [0.717, 1.165) is 6.42 Å². The molecule has 0 bridgehead atoms. The lowest BCUT2D eigenvalue weighted by Gasteiger charge is -2.28. The number of carbonyl (C=O) groups excluding carboxylic acids is 1. The minimum absolute atomic E-state index is 0.106. The van der Waals surface area contributed by atoms with Gasteiger partial charge in [-0.1, -0.05) is 0 Å². The molecule has 1 amide bonds. The molecule has 8 nitrogen and oxygen atoms in total. The topological polar surface area (TPSA) is 108 Å². The second-order valence-corrected chi connectivity index (χ2v) is 6.82. The summed E-state index contributed by atoms with van der Waals surface area (Å²) in [5.41, 5.74) is 5.43. The van der Waals surface area contributed by atoms with Crippen LogP contribution in [-0.4, -0.2) is 41.4 Å². The molecule has 0 aromatic carbocycles. The number of hydrogen-bond donors (Lipinski definition) is 2. The number of nitrogens with one attached hydrogen (secondary N) is 1. The summed E-state index contributed by atoms with van der Waals surface area (Å²) in [6, 6.07) is -0.106. The molecule has 21 heavy (non-hydrogen) atoms. The fourth-order valence-electron chi connectivity index (χ4n) is 2.38. The van der Waals surface area contributed by atoms with Crippen molar-refractivity contribution in [1.29, 1.82) is 0 Å². The van der Waals surface area contributed by atoms with E-state index in [-0.39, 0.29) is 17.9 Å². The van der Waals surface area contributed by atoms with E-state index in [1.54, 1.807) is 24.6 Å². The third kappa shape index (κ3) is 3.64. The Morgan fingerprint density at radius 2 is 2.19 bits per heavy atom. The molecule has 2 heterocycles. The molecule has 0 radical (unpaired) electrons. The predicted octanol–water partition coefficient (Wildman–Crippen LogP) is 1.60. The van der Waals surface area contributed by atoms with Crippen molar-refractivity contribution in [3.63, 3.8) is 0 Å². The lowest BCUT2D eigenvalue weighted by Crippen LogP contribution is -2.25. The summed E-state index contributed by atoms with van der Waals surface area (Å²) in [5, 5.41) is 3.09. The van der Waals surface area contributed by atoms with Crippen molar-refractivity contribution in [2.45, 2.75) is 26.3 Å². The SMILES string of the molecule is CCOP(=O)(C[C@H]1CCNc2nc(C(N)=O)cn21)OCC. The average molecular weight is 316 g/mol. The van der Waals surface area contributed by atoms with Gasteiger partial charge in [-0.15, -0.1) is 0 Å². The van der Waals surface area contributed by atoms with Crippen molar-refractivity contribution in [1.82, 2.24) is 9.55 Å². The molecule has 0 aliphatic carbocycles. The fourth-order valence-corrected chi connectivity index (χ4v) is 4.33. The van der Waals surface area contributed by atoms with E-state index in [0.29, 0.717) is 25.7 Å². The van der Waals surface area contributed by atoms with Crippen LogP contribution in [0.2, 0.25) is 0 Å². The number of anilines is 1. The van der Waals surface area contributed by atoms with Gasteiger partial charge in [-0.2, -0.15) is 0 Å². The fraction of sp³-hybridized carbons (Fsp3) is 0.667. The molecule has 0 spiro atoms. The van der Waals surface area contributed by atoms with Crippen LogP contribution in [0.3, 0.4) is 0 Å². The van der Waals surface area contributed by atoms with Gasteiger partial charge < -0.3 is 24.7 Å². The van der Waals surface area contributed by atoms with E-state index >= 15 is 0 Å². The van der Waals surface area contributed by atoms with Crippen LogP contribution in [0.25, 0.3) is 0 Å². The number of hydrogen-bond acceptors (Lipinski definition) is 6. The first kappa shape index (κ1) is 16.0. The quantitative estimate of drug-likeness (QED) is 0.740. The Morgan fingerprint density at radius 3 is 2.76 bits per heavy atom. The van der Waals surface area contributed by atoms with Crippen LogP contribution < -0.4 is 11.1 Å². The van der Waals surface area contributed by atoms with Crippen molar-refractivity contribution in [3.05, 3.63) is 11.9 Å². The first-order valence-electron chi connectivity index (χ1n) is 6.99. The van der Waals surface area contributed by atoms with Crippen molar-refractivity contribution in [3.8, 4) is 0 Å². The Bertz CT molecular complexity index is 549. The minimum Gasteiger partial charge on any atom is -0.364 e. The smallest absolute Gasteiger partial charge is 0.332 e. The van der Waals surface area contributed by atoms with Crippen molar-refractivity contribution in [2.24, 2.45) is 5.73 Å². The number of fused-ring (bicyclic) bond motifs is 1. The summed E-state index contributed by atoms with van der Waals surface area (Å²) in [5.74, 6) is -0.0326. The largest absolute Gasteiger partial charge is 0.364 e. The molecule has 1 aliphatic heterocycles. The number of nitrogens with zero attached hydrogens (tertiary/aromatic N) is 2. The monoisotopic (exact) mass is 316 g/mol. The first-order valence-corrected chi connectivity index (χ1v) is 8.72. The van der Waals surface area contributed by atoms with Gasteiger partial charge in [0.05, 0.1) is 19.4 Å². The van der Waals surface area contributed by atoms with E-state index in [9.17, 15) is 9.36 Å². The average Bonchev–Trinajstić information content (AvgIpc) is 2.84. The maximum Gasteiger partial charge on any atom is 0.332 e. The molecule has 1 aromatic rings. The normalized spacial score (nSPS) is 18.1. The lowest BCUT2D eigenvalue weighted by atomic mass is 10.2. The number of nitrogens with two attached hydrogens (primary N) is 1. The third-order valence-corrected chi connectivity index (χ3v) is 5.40. The summed E-state index contributed by atoms with van der Waals surface area (Å²) in [6.45, 7) is 4.89. The highest BCUT2D eigenvalue weighted by molar-refractivity contribution is 7.53. The van der Waals surface area contributed by atoms with Gasteiger partial charge >= 0.3 is 7.60 Å². The lowest BCUT2D eigenvalue weighted by molar-refractivity contribution is 0.0996.